The maximum absolute atomic E-state index is 6.19. The van der Waals surface area contributed by atoms with Gasteiger partial charge in [-0.2, -0.15) is 0 Å². The Hall–Kier alpha value is -0.0500. The molecule has 14 heavy (non-hydrogen) atoms. The topological polar surface area (TPSA) is 12.0 Å². The Bertz CT molecular complexity index is 345. The van der Waals surface area contributed by atoms with Crippen molar-refractivity contribution in [2.75, 3.05) is 6.54 Å². The van der Waals surface area contributed by atoms with E-state index in [4.69, 9.17) is 11.6 Å². The Labute approximate surface area is 98.0 Å². The molecule has 1 aromatic rings. The summed E-state index contributed by atoms with van der Waals surface area (Å²) in [6.45, 7) is 3.21. The number of halogens is 2. The third-order valence-corrected chi connectivity index (χ3v) is 4.19. The summed E-state index contributed by atoms with van der Waals surface area (Å²) in [5, 5.41) is 4.33. The molecule has 0 bridgehead atoms. The van der Waals surface area contributed by atoms with E-state index < -0.39 is 0 Å². The highest BCUT2D eigenvalue weighted by atomic mass is 79.9. The van der Waals surface area contributed by atoms with Crippen LogP contribution >= 0.6 is 27.5 Å². The van der Waals surface area contributed by atoms with Crippen molar-refractivity contribution in [3.05, 3.63) is 32.8 Å². The predicted octanol–water partition coefficient (Wildman–Crippen LogP) is 3.84. The number of hydrogen-bond acceptors (Lipinski definition) is 1. The molecule has 1 aliphatic rings. The molecule has 2 rings (SSSR count). The minimum atomic E-state index is 0.501. The average Bonchev–Trinajstić information content (AvgIpc) is 2.67. The molecule has 0 spiro atoms. The third-order valence-electron chi connectivity index (χ3n) is 2.82. The zero-order valence-corrected chi connectivity index (χ0v) is 10.5. The summed E-state index contributed by atoms with van der Waals surface area (Å²) in [5.74, 6) is 0. The van der Waals surface area contributed by atoms with E-state index in [0.717, 1.165) is 16.0 Å². The van der Waals surface area contributed by atoms with Crippen LogP contribution in [-0.2, 0) is 0 Å². The normalized spacial score (nSPS) is 21.5. The van der Waals surface area contributed by atoms with Gasteiger partial charge in [-0.1, -0.05) is 17.7 Å². The van der Waals surface area contributed by atoms with E-state index in [2.05, 4.69) is 34.2 Å². The van der Waals surface area contributed by atoms with Crippen LogP contribution in [0.3, 0.4) is 0 Å². The summed E-state index contributed by atoms with van der Waals surface area (Å²) in [6, 6.07) is 4.69. The summed E-state index contributed by atoms with van der Waals surface area (Å²) in [5.41, 5.74) is 2.54. The lowest BCUT2D eigenvalue weighted by molar-refractivity contribution is 0.644. The van der Waals surface area contributed by atoms with Gasteiger partial charge in [0.15, 0.2) is 0 Å². The molecule has 0 unspecified atom stereocenters. The summed E-state index contributed by atoms with van der Waals surface area (Å²) in [6.07, 6.45) is 2.48. The molecule has 0 aliphatic carbocycles. The third kappa shape index (κ3) is 1.83. The standard InChI is InChI=1S/C11H13BrClN/c1-7-8(10-3-2-6-14-10)4-5-9(12)11(7)13/h4-5,10,14H,2-3,6H2,1H3/t10-/m1/s1. The SMILES string of the molecule is Cc1c([C@H]2CCCN2)ccc(Br)c1Cl. The van der Waals surface area contributed by atoms with Gasteiger partial charge in [0.25, 0.3) is 0 Å². The van der Waals surface area contributed by atoms with Gasteiger partial charge in [0, 0.05) is 10.5 Å². The summed E-state index contributed by atoms with van der Waals surface area (Å²) < 4.78 is 0.985. The Balaban J connectivity index is 2.38. The lowest BCUT2D eigenvalue weighted by Gasteiger charge is -2.15. The quantitative estimate of drug-likeness (QED) is 0.820. The van der Waals surface area contributed by atoms with Crippen LogP contribution in [0.15, 0.2) is 16.6 Å². The second-order valence-electron chi connectivity index (χ2n) is 3.72. The Morgan fingerprint density at radius 2 is 2.29 bits per heavy atom. The van der Waals surface area contributed by atoms with Gasteiger partial charge in [0.05, 0.1) is 5.02 Å². The summed E-state index contributed by atoms with van der Waals surface area (Å²) in [7, 11) is 0. The molecule has 1 nitrogen and oxygen atoms in total. The Morgan fingerprint density at radius 3 is 2.93 bits per heavy atom. The summed E-state index contributed by atoms with van der Waals surface area (Å²) >= 11 is 9.62. The van der Waals surface area contributed by atoms with Crippen LogP contribution in [-0.4, -0.2) is 6.54 Å². The van der Waals surface area contributed by atoms with E-state index in [9.17, 15) is 0 Å². The molecule has 1 saturated heterocycles. The molecule has 76 valence electrons. The fraction of sp³-hybridized carbons (Fsp3) is 0.455. The summed E-state index contributed by atoms with van der Waals surface area (Å²) in [4.78, 5) is 0. The molecule has 0 amide bonds. The van der Waals surface area contributed by atoms with Crippen LogP contribution < -0.4 is 5.32 Å². The van der Waals surface area contributed by atoms with Crippen molar-refractivity contribution in [2.45, 2.75) is 25.8 Å². The molecular formula is C11H13BrClN. The lowest BCUT2D eigenvalue weighted by Crippen LogP contribution is -2.14. The highest BCUT2D eigenvalue weighted by Gasteiger charge is 2.19. The first-order valence-corrected chi connectivity index (χ1v) is 6.05. The van der Waals surface area contributed by atoms with E-state index in [0.29, 0.717) is 6.04 Å². The number of hydrogen-bond donors (Lipinski definition) is 1. The van der Waals surface area contributed by atoms with Crippen LogP contribution in [0.1, 0.15) is 30.0 Å². The van der Waals surface area contributed by atoms with Gasteiger partial charge in [0.2, 0.25) is 0 Å². The van der Waals surface area contributed by atoms with Gasteiger partial charge in [-0.25, -0.2) is 0 Å². The maximum atomic E-state index is 6.19. The van der Waals surface area contributed by atoms with Crippen molar-refractivity contribution in [1.82, 2.24) is 5.32 Å². The lowest BCUT2D eigenvalue weighted by atomic mass is 10.0. The second kappa shape index (κ2) is 4.21. The van der Waals surface area contributed by atoms with Gasteiger partial charge in [-0.3, -0.25) is 0 Å². The highest BCUT2D eigenvalue weighted by Crippen LogP contribution is 2.33. The van der Waals surface area contributed by atoms with Crippen LogP contribution in [0.2, 0.25) is 5.02 Å². The van der Waals surface area contributed by atoms with Crippen LogP contribution in [0.4, 0.5) is 0 Å². The first kappa shape index (κ1) is 10.5. The molecule has 1 atom stereocenters. The molecule has 0 saturated carbocycles. The molecule has 1 aliphatic heterocycles. The van der Waals surface area contributed by atoms with E-state index >= 15 is 0 Å². The van der Waals surface area contributed by atoms with Crippen LogP contribution in [0, 0.1) is 6.92 Å². The van der Waals surface area contributed by atoms with Gasteiger partial charge < -0.3 is 5.32 Å². The Morgan fingerprint density at radius 1 is 1.50 bits per heavy atom. The molecule has 1 N–H and O–H groups in total. The molecule has 0 aromatic heterocycles. The van der Waals surface area contributed by atoms with Crippen LogP contribution in [0.25, 0.3) is 0 Å². The van der Waals surface area contributed by atoms with Crippen molar-refractivity contribution >= 4 is 27.5 Å². The average molecular weight is 275 g/mol. The maximum Gasteiger partial charge on any atom is 0.0580 e. The monoisotopic (exact) mass is 273 g/mol. The van der Waals surface area contributed by atoms with E-state index in [-0.39, 0.29) is 0 Å². The first-order valence-electron chi connectivity index (χ1n) is 4.88. The minimum Gasteiger partial charge on any atom is -0.310 e. The van der Waals surface area contributed by atoms with E-state index in [1.54, 1.807) is 0 Å². The van der Waals surface area contributed by atoms with Crippen molar-refractivity contribution in [1.29, 1.82) is 0 Å². The molecule has 0 radical (unpaired) electrons. The molecular weight excluding hydrogens is 261 g/mol. The van der Waals surface area contributed by atoms with Crippen molar-refractivity contribution < 1.29 is 0 Å². The van der Waals surface area contributed by atoms with Gasteiger partial charge in [-0.05, 0) is 59.4 Å². The van der Waals surface area contributed by atoms with Crippen molar-refractivity contribution in [2.24, 2.45) is 0 Å². The van der Waals surface area contributed by atoms with Crippen LogP contribution in [0.5, 0.6) is 0 Å². The molecule has 1 fully saturated rings. The predicted molar refractivity (Wildman–Crippen MR) is 63.9 cm³/mol. The zero-order valence-electron chi connectivity index (χ0n) is 8.11. The molecule has 1 heterocycles. The van der Waals surface area contributed by atoms with Gasteiger partial charge in [-0.15, -0.1) is 0 Å². The fourth-order valence-electron chi connectivity index (χ4n) is 1.99. The first-order chi connectivity index (χ1) is 6.70. The number of rotatable bonds is 1. The Kier molecular flexibility index (Phi) is 3.15. The smallest absolute Gasteiger partial charge is 0.0580 e. The molecule has 3 heteroatoms. The minimum absolute atomic E-state index is 0.501. The fourth-order valence-corrected chi connectivity index (χ4v) is 2.60. The highest BCUT2D eigenvalue weighted by molar-refractivity contribution is 9.10. The van der Waals surface area contributed by atoms with Gasteiger partial charge in [0.1, 0.15) is 0 Å². The van der Waals surface area contributed by atoms with E-state index in [1.165, 1.54) is 24.0 Å². The molecule has 1 aromatic carbocycles. The number of nitrogens with one attached hydrogen (secondary N) is 1. The zero-order chi connectivity index (χ0) is 10.1. The van der Waals surface area contributed by atoms with Crippen molar-refractivity contribution in [3.8, 4) is 0 Å². The van der Waals surface area contributed by atoms with Crippen molar-refractivity contribution in [3.63, 3.8) is 0 Å². The second-order valence-corrected chi connectivity index (χ2v) is 4.96. The van der Waals surface area contributed by atoms with E-state index in [1.807, 2.05) is 6.07 Å². The largest absolute Gasteiger partial charge is 0.310 e. The number of benzene rings is 1. The van der Waals surface area contributed by atoms with Gasteiger partial charge >= 0.3 is 0 Å².